The van der Waals surface area contributed by atoms with Crippen LogP contribution in [0.1, 0.15) is 63.0 Å². The minimum Gasteiger partial charge on any atom is -0.339 e. The van der Waals surface area contributed by atoms with E-state index in [-0.39, 0.29) is 0 Å². The van der Waals surface area contributed by atoms with E-state index >= 15 is 0 Å². The molecule has 3 unspecified atom stereocenters. The molecule has 0 aromatic heterocycles. The van der Waals surface area contributed by atoms with Crippen LogP contribution in [-0.2, 0) is 17.6 Å². The van der Waals surface area contributed by atoms with Crippen molar-refractivity contribution in [2.45, 2.75) is 82.8 Å². The number of nitrogens with one attached hydrogen (secondary N) is 1. The molecule has 0 saturated carbocycles. The zero-order valence-electron chi connectivity index (χ0n) is 15.5. The van der Waals surface area contributed by atoms with Crippen LogP contribution in [-0.4, -0.2) is 35.5 Å². The van der Waals surface area contributed by atoms with Gasteiger partial charge in [0.15, 0.2) is 0 Å². The lowest BCUT2D eigenvalue weighted by molar-refractivity contribution is -0.135. The summed E-state index contributed by atoms with van der Waals surface area (Å²) in [5.41, 5.74) is 2.94. The number of nitrogens with zero attached hydrogens (tertiary/aromatic N) is 1. The van der Waals surface area contributed by atoms with E-state index in [2.05, 4.69) is 41.4 Å². The summed E-state index contributed by atoms with van der Waals surface area (Å²) in [7, 11) is 0. The van der Waals surface area contributed by atoms with Gasteiger partial charge in [-0.15, -0.1) is 0 Å². The first-order valence-electron chi connectivity index (χ1n) is 10.3. The van der Waals surface area contributed by atoms with Gasteiger partial charge in [-0.25, -0.2) is 0 Å². The van der Waals surface area contributed by atoms with Gasteiger partial charge in [0.25, 0.3) is 0 Å². The van der Waals surface area contributed by atoms with Gasteiger partial charge in [0.05, 0.1) is 0 Å². The largest absolute Gasteiger partial charge is 0.339 e. The average Bonchev–Trinajstić information content (AvgIpc) is 2.97. The summed E-state index contributed by atoms with van der Waals surface area (Å²) >= 11 is 0. The standard InChI is InChI=1S/C22H32N2O/c1-2-11-24(21-10-7-17-5-3-4-6-18(17)15-21)22(25)14-16-12-19-8-9-20(13-16)23-19/h3-6,16,19-21,23H,2,7-15H2,1H3. The topological polar surface area (TPSA) is 32.3 Å². The Morgan fingerprint density at radius 3 is 2.56 bits per heavy atom. The zero-order chi connectivity index (χ0) is 17.2. The summed E-state index contributed by atoms with van der Waals surface area (Å²) in [4.78, 5) is 15.4. The molecule has 2 saturated heterocycles. The molecule has 0 radical (unpaired) electrons. The highest BCUT2D eigenvalue weighted by Gasteiger charge is 2.36. The lowest BCUT2D eigenvalue weighted by Gasteiger charge is -2.37. The third-order valence-electron chi connectivity index (χ3n) is 6.58. The number of hydrogen-bond donors (Lipinski definition) is 1. The van der Waals surface area contributed by atoms with E-state index in [4.69, 9.17) is 0 Å². The molecule has 1 aliphatic carbocycles. The van der Waals surface area contributed by atoms with Crippen LogP contribution in [0, 0.1) is 5.92 Å². The van der Waals surface area contributed by atoms with Crippen LogP contribution in [0.2, 0.25) is 0 Å². The first-order valence-corrected chi connectivity index (χ1v) is 10.3. The van der Waals surface area contributed by atoms with Gasteiger partial charge in [0, 0.05) is 31.1 Å². The fourth-order valence-corrected chi connectivity index (χ4v) is 5.40. The maximum absolute atomic E-state index is 13.2. The number of hydrogen-bond acceptors (Lipinski definition) is 2. The van der Waals surface area contributed by atoms with Crippen LogP contribution in [0.4, 0.5) is 0 Å². The summed E-state index contributed by atoms with van der Waals surface area (Å²) in [6.45, 7) is 3.12. The van der Waals surface area contributed by atoms with E-state index in [1.54, 1.807) is 0 Å². The second kappa shape index (κ2) is 7.49. The molecule has 2 fully saturated rings. The fourth-order valence-electron chi connectivity index (χ4n) is 5.40. The number of aryl methyl sites for hydroxylation is 1. The molecule has 1 N–H and O–H groups in total. The van der Waals surface area contributed by atoms with Crippen molar-refractivity contribution >= 4 is 5.91 Å². The van der Waals surface area contributed by atoms with E-state index in [9.17, 15) is 4.79 Å². The maximum Gasteiger partial charge on any atom is 0.223 e. The van der Waals surface area contributed by atoms with Gasteiger partial charge in [0.2, 0.25) is 5.91 Å². The van der Waals surface area contributed by atoms with E-state index < -0.39 is 0 Å². The number of carbonyl (C=O) groups is 1. The SMILES string of the molecule is CCCN(C(=O)CC1CC2CCC(C1)N2)C1CCc2ccccc2C1. The monoisotopic (exact) mass is 340 g/mol. The predicted molar refractivity (Wildman–Crippen MR) is 102 cm³/mol. The highest BCUT2D eigenvalue weighted by atomic mass is 16.2. The number of rotatable bonds is 5. The summed E-state index contributed by atoms with van der Waals surface area (Å²) in [6.07, 6.45) is 10.1. The third kappa shape index (κ3) is 3.76. The van der Waals surface area contributed by atoms with Crippen LogP contribution in [0.25, 0.3) is 0 Å². The Balaban J connectivity index is 1.41. The molecule has 25 heavy (non-hydrogen) atoms. The average molecular weight is 341 g/mol. The second-order valence-corrected chi connectivity index (χ2v) is 8.43. The molecule has 1 aromatic carbocycles. The van der Waals surface area contributed by atoms with Crippen molar-refractivity contribution < 1.29 is 4.79 Å². The van der Waals surface area contributed by atoms with Gasteiger partial charge in [-0.05, 0) is 68.4 Å². The van der Waals surface area contributed by atoms with E-state index in [0.29, 0.717) is 30.0 Å². The van der Waals surface area contributed by atoms with Crippen molar-refractivity contribution in [3.05, 3.63) is 35.4 Å². The Bertz CT molecular complexity index is 602. The van der Waals surface area contributed by atoms with Gasteiger partial charge in [-0.1, -0.05) is 31.2 Å². The number of fused-ring (bicyclic) bond motifs is 3. The lowest BCUT2D eigenvalue weighted by Crippen LogP contribution is -2.46. The molecule has 3 aliphatic rings. The highest BCUT2D eigenvalue weighted by Crippen LogP contribution is 2.33. The summed E-state index contributed by atoms with van der Waals surface area (Å²) in [5.74, 6) is 1.01. The quantitative estimate of drug-likeness (QED) is 0.886. The molecule has 4 rings (SSSR count). The molecule has 1 amide bonds. The summed E-state index contributed by atoms with van der Waals surface area (Å²) in [6, 6.07) is 10.5. The van der Waals surface area contributed by atoms with Crippen molar-refractivity contribution in [2.24, 2.45) is 5.92 Å². The highest BCUT2D eigenvalue weighted by molar-refractivity contribution is 5.77. The number of piperidine rings is 1. The minimum absolute atomic E-state index is 0.404. The van der Waals surface area contributed by atoms with E-state index in [1.165, 1.54) is 36.8 Å². The molecule has 3 atom stereocenters. The normalized spacial score (nSPS) is 30.8. The fraction of sp³-hybridized carbons (Fsp3) is 0.682. The van der Waals surface area contributed by atoms with Crippen LogP contribution >= 0.6 is 0 Å². The van der Waals surface area contributed by atoms with Gasteiger partial charge in [-0.2, -0.15) is 0 Å². The van der Waals surface area contributed by atoms with E-state index in [0.717, 1.165) is 38.6 Å². The Morgan fingerprint density at radius 1 is 1.12 bits per heavy atom. The Hall–Kier alpha value is -1.35. The molecule has 136 valence electrons. The van der Waals surface area contributed by atoms with Crippen molar-refractivity contribution in [1.29, 1.82) is 0 Å². The van der Waals surface area contributed by atoms with Gasteiger partial charge in [0.1, 0.15) is 0 Å². The smallest absolute Gasteiger partial charge is 0.223 e. The van der Waals surface area contributed by atoms with Gasteiger partial charge < -0.3 is 10.2 Å². The molecular formula is C22H32N2O. The number of carbonyl (C=O) groups excluding carboxylic acids is 1. The number of benzene rings is 1. The summed E-state index contributed by atoms with van der Waals surface area (Å²) < 4.78 is 0. The van der Waals surface area contributed by atoms with Gasteiger partial charge in [-0.3, -0.25) is 4.79 Å². The van der Waals surface area contributed by atoms with Crippen molar-refractivity contribution in [3.8, 4) is 0 Å². The molecule has 1 aromatic rings. The third-order valence-corrected chi connectivity index (χ3v) is 6.58. The van der Waals surface area contributed by atoms with Crippen molar-refractivity contribution in [1.82, 2.24) is 10.2 Å². The first-order chi connectivity index (χ1) is 12.2. The zero-order valence-corrected chi connectivity index (χ0v) is 15.5. The Morgan fingerprint density at radius 2 is 1.84 bits per heavy atom. The molecule has 3 heteroatoms. The predicted octanol–water partition coefficient (Wildman–Crippen LogP) is 3.70. The molecule has 2 aliphatic heterocycles. The van der Waals surface area contributed by atoms with Crippen molar-refractivity contribution in [3.63, 3.8) is 0 Å². The van der Waals surface area contributed by atoms with Crippen LogP contribution < -0.4 is 5.32 Å². The molecule has 2 bridgehead atoms. The lowest BCUT2D eigenvalue weighted by atomic mass is 9.86. The molecule has 2 heterocycles. The van der Waals surface area contributed by atoms with Crippen molar-refractivity contribution in [2.75, 3.05) is 6.54 Å². The summed E-state index contributed by atoms with van der Waals surface area (Å²) in [5, 5.41) is 3.70. The van der Waals surface area contributed by atoms with Gasteiger partial charge >= 0.3 is 0 Å². The van der Waals surface area contributed by atoms with E-state index in [1.807, 2.05) is 0 Å². The molecular weight excluding hydrogens is 308 g/mol. The van der Waals surface area contributed by atoms with Crippen LogP contribution in [0.15, 0.2) is 24.3 Å². The van der Waals surface area contributed by atoms with Crippen LogP contribution in [0.5, 0.6) is 0 Å². The molecule has 0 spiro atoms. The Kier molecular flexibility index (Phi) is 5.12. The first kappa shape index (κ1) is 17.1. The molecule has 3 nitrogen and oxygen atoms in total. The second-order valence-electron chi connectivity index (χ2n) is 8.43. The van der Waals surface area contributed by atoms with Crippen LogP contribution in [0.3, 0.4) is 0 Å². The Labute approximate surface area is 152 Å². The minimum atomic E-state index is 0.404. The number of amides is 1. The maximum atomic E-state index is 13.2.